The molecule has 4 rings (SSSR count). The third-order valence-electron chi connectivity index (χ3n) is 4.80. The van der Waals surface area contributed by atoms with Crippen LogP contribution in [0.15, 0.2) is 36.8 Å². The van der Waals surface area contributed by atoms with E-state index in [0.717, 1.165) is 29.2 Å². The van der Waals surface area contributed by atoms with Gasteiger partial charge in [-0.1, -0.05) is 6.92 Å². The first kappa shape index (κ1) is 17.3. The SMILES string of the molecule is COc1ccc(-c2nc3c([nH]2)CN(C(=O)[C@H](C)Cn2cccn2)CC3)cn1. The number of fused-ring (bicyclic) bond motifs is 1. The van der Waals surface area contributed by atoms with Crippen molar-refractivity contribution in [1.82, 2.24) is 29.6 Å². The molecular weight excluding hydrogens is 344 g/mol. The van der Waals surface area contributed by atoms with Gasteiger partial charge in [-0.3, -0.25) is 9.48 Å². The van der Waals surface area contributed by atoms with E-state index >= 15 is 0 Å². The molecule has 0 spiro atoms. The van der Waals surface area contributed by atoms with E-state index in [0.29, 0.717) is 25.5 Å². The highest BCUT2D eigenvalue weighted by molar-refractivity contribution is 5.78. The van der Waals surface area contributed by atoms with Crippen LogP contribution < -0.4 is 4.74 Å². The molecular formula is C19H22N6O2. The number of pyridine rings is 1. The normalized spacial score (nSPS) is 14.7. The lowest BCUT2D eigenvalue weighted by Gasteiger charge is -2.28. The van der Waals surface area contributed by atoms with Crippen LogP contribution >= 0.6 is 0 Å². The number of aromatic nitrogens is 5. The Bertz CT molecular complexity index is 916. The molecule has 4 heterocycles. The second kappa shape index (κ2) is 7.22. The average Bonchev–Trinajstić information content (AvgIpc) is 3.36. The molecule has 8 nitrogen and oxygen atoms in total. The summed E-state index contributed by atoms with van der Waals surface area (Å²) < 4.78 is 6.89. The van der Waals surface area contributed by atoms with Gasteiger partial charge in [-0.25, -0.2) is 9.97 Å². The molecule has 1 N–H and O–H groups in total. The molecule has 140 valence electrons. The van der Waals surface area contributed by atoms with Gasteiger partial charge in [-0.2, -0.15) is 5.10 Å². The number of ether oxygens (including phenoxy) is 1. The average molecular weight is 366 g/mol. The fourth-order valence-electron chi connectivity index (χ4n) is 3.34. The fourth-order valence-corrected chi connectivity index (χ4v) is 3.34. The van der Waals surface area contributed by atoms with Crippen LogP contribution in [-0.4, -0.2) is 49.2 Å². The van der Waals surface area contributed by atoms with Crippen LogP contribution in [0.4, 0.5) is 0 Å². The van der Waals surface area contributed by atoms with Gasteiger partial charge in [0, 0.05) is 43.2 Å². The molecule has 1 atom stereocenters. The Kier molecular flexibility index (Phi) is 4.62. The van der Waals surface area contributed by atoms with Crippen LogP contribution in [-0.2, 0) is 24.3 Å². The van der Waals surface area contributed by atoms with Crippen LogP contribution in [0.5, 0.6) is 5.88 Å². The number of amides is 1. The van der Waals surface area contributed by atoms with Gasteiger partial charge < -0.3 is 14.6 Å². The zero-order valence-corrected chi connectivity index (χ0v) is 15.4. The van der Waals surface area contributed by atoms with E-state index in [4.69, 9.17) is 4.74 Å². The van der Waals surface area contributed by atoms with Gasteiger partial charge in [0.05, 0.1) is 37.5 Å². The minimum atomic E-state index is -0.125. The molecule has 1 aliphatic heterocycles. The Morgan fingerprint density at radius 3 is 3.00 bits per heavy atom. The topological polar surface area (TPSA) is 88.9 Å². The molecule has 0 fully saturated rings. The van der Waals surface area contributed by atoms with Crippen molar-refractivity contribution in [3.63, 3.8) is 0 Å². The molecule has 0 saturated carbocycles. The quantitative estimate of drug-likeness (QED) is 0.745. The molecule has 3 aromatic rings. The van der Waals surface area contributed by atoms with E-state index in [9.17, 15) is 4.79 Å². The van der Waals surface area contributed by atoms with Crippen LogP contribution in [0.1, 0.15) is 18.3 Å². The van der Waals surface area contributed by atoms with Gasteiger partial charge in [-0.15, -0.1) is 0 Å². The van der Waals surface area contributed by atoms with Crippen molar-refractivity contribution in [3.05, 3.63) is 48.2 Å². The predicted molar refractivity (Wildman–Crippen MR) is 98.9 cm³/mol. The maximum atomic E-state index is 12.8. The van der Waals surface area contributed by atoms with Crippen LogP contribution in [0.2, 0.25) is 0 Å². The van der Waals surface area contributed by atoms with E-state index < -0.39 is 0 Å². The van der Waals surface area contributed by atoms with Gasteiger partial charge in [0.2, 0.25) is 11.8 Å². The molecule has 27 heavy (non-hydrogen) atoms. The van der Waals surface area contributed by atoms with Gasteiger partial charge in [0.15, 0.2) is 0 Å². The van der Waals surface area contributed by atoms with Crippen molar-refractivity contribution in [2.75, 3.05) is 13.7 Å². The number of hydrogen-bond donors (Lipinski definition) is 1. The van der Waals surface area contributed by atoms with Gasteiger partial charge in [0.25, 0.3) is 0 Å². The summed E-state index contributed by atoms with van der Waals surface area (Å²) in [6.45, 7) is 3.76. The second-order valence-electron chi connectivity index (χ2n) is 6.74. The summed E-state index contributed by atoms with van der Waals surface area (Å²) in [7, 11) is 1.59. The first-order valence-electron chi connectivity index (χ1n) is 8.98. The lowest BCUT2D eigenvalue weighted by Crippen LogP contribution is -2.40. The van der Waals surface area contributed by atoms with Crippen LogP contribution in [0.25, 0.3) is 11.4 Å². The van der Waals surface area contributed by atoms with Crippen molar-refractivity contribution in [1.29, 1.82) is 0 Å². The Balaban J connectivity index is 1.46. The molecule has 0 saturated heterocycles. The summed E-state index contributed by atoms with van der Waals surface area (Å²) in [6, 6.07) is 5.60. The van der Waals surface area contributed by atoms with E-state index in [1.165, 1.54) is 0 Å². The predicted octanol–water partition coefficient (Wildman–Crippen LogP) is 1.90. The molecule has 0 aliphatic carbocycles. The molecule has 0 bridgehead atoms. The summed E-state index contributed by atoms with van der Waals surface area (Å²) in [4.78, 5) is 27.0. The van der Waals surface area contributed by atoms with E-state index in [1.54, 1.807) is 24.2 Å². The smallest absolute Gasteiger partial charge is 0.227 e. The Hall–Kier alpha value is -3.16. The zero-order chi connectivity index (χ0) is 18.8. The number of hydrogen-bond acceptors (Lipinski definition) is 5. The first-order valence-corrected chi connectivity index (χ1v) is 8.98. The Morgan fingerprint density at radius 2 is 2.30 bits per heavy atom. The molecule has 0 unspecified atom stereocenters. The van der Waals surface area contributed by atoms with Crippen LogP contribution in [0, 0.1) is 5.92 Å². The summed E-state index contributed by atoms with van der Waals surface area (Å²) in [5.41, 5.74) is 2.91. The Morgan fingerprint density at radius 1 is 1.41 bits per heavy atom. The van der Waals surface area contributed by atoms with Crippen molar-refractivity contribution >= 4 is 5.91 Å². The van der Waals surface area contributed by atoms with E-state index in [-0.39, 0.29) is 11.8 Å². The standard InChI is InChI=1S/C19H22N6O2/c1-13(11-25-8-3-7-21-25)19(26)24-9-6-15-16(12-24)23-18(22-15)14-4-5-17(27-2)20-10-14/h3-5,7-8,10,13H,6,9,11-12H2,1-2H3,(H,22,23)/t13-/m1/s1. The fraction of sp³-hybridized carbons (Fsp3) is 0.368. The van der Waals surface area contributed by atoms with Crippen LogP contribution in [0.3, 0.4) is 0 Å². The molecule has 3 aromatic heterocycles. The molecule has 0 aromatic carbocycles. The second-order valence-corrected chi connectivity index (χ2v) is 6.74. The molecule has 1 amide bonds. The number of aromatic amines is 1. The lowest BCUT2D eigenvalue weighted by molar-refractivity contribution is -0.136. The summed E-state index contributed by atoms with van der Waals surface area (Å²) in [6.07, 6.45) is 6.08. The third-order valence-corrected chi connectivity index (χ3v) is 4.80. The first-order chi connectivity index (χ1) is 13.1. The number of methoxy groups -OCH3 is 1. The molecule has 0 radical (unpaired) electrons. The largest absolute Gasteiger partial charge is 0.481 e. The number of carbonyl (C=O) groups excluding carboxylic acids is 1. The summed E-state index contributed by atoms with van der Waals surface area (Å²) >= 11 is 0. The number of nitrogens with one attached hydrogen (secondary N) is 1. The zero-order valence-electron chi connectivity index (χ0n) is 15.4. The maximum absolute atomic E-state index is 12.8. The van der Waals surface area contributed by atoms with E-state index in [2.05, 4.69) is 20.1 Å². The minimum Gasteiger partial charge on any atom is -0.481 e. The number of rotatable bonds is 5. The highest BCUT2D eigenvalue weighted by atomic mass is 16.5. The van der Waals surface area contributed by atoms with Crippen molar-refractivity contribution in [2.45, 2.75) is 26.4 Å². The minimum absolute atomic E-state index is 0.125. The number of imidazole rings is 1. The number of nitrogens with zero attached hydrogens (tertiary/aromatic N) is 5. The van der Waals surface area contributed by atoms with Crippen molar-refractivity contribution < 1.29 is 9.53 Å². The lowest BCUT2D eigenvalue weighted by atomic mass is 10.1. The van der Waals surface area contributed by atoms with Crippen molar-refractivity contribution in [2.24, 2.45) is 5.92 Å². The number of carbonyl (C=O) groups is 1. The van der Waals surface area contributed by atoms with Gasteiger partial charge in [0.1, 0.15) is 5.82 Å². The van der Waals surface area contributed by atoms with E-state index in [1.807, 2.05) is 36.2 Å². The molecule has 8 heteroatoms. The maximum Gasteiger partial charge on any atom is 0.227 e. The monoisotopic (exact) mass is 366 g/mol. The summed E-state index contributed by atoms with van der Waals surface area (Å²) in [5, 5.41) is 4.18. The van der Waals surface area contributed by atoms with Crippen molar-refractivity contribution in [3.8, 4) is 17.3 Å². The van der Waals surface area contributed by atoms with Gasteiger partial charge >= 0.3 is 0 Å². The Labute approximate surface area is 157 Å². The van der Waals surface area contributed by atoms with Gasteiger partial charge in [-0.05, 0) is 12.1 Å². The highest BCUT2D eigenvalue weighted by Crippen LogP contribution is 2.24. The third kappa shape index (κ3) is 3.55. The molecule has 1 aliphatic rings. The number of H-pyrrole nitrogens is 1. The highest BCUT2D eigenvalue weighted by Gasteiger charge is 2.27. The summed E-state index contributed by atoms with van der Waals surface area (Å²) in [5.74, 6) is 1.35.